The first-order valence-electron chi connectivity index (χ1n) is 5.60. The van der Waals surface area contributed by atoms with E-state index in [2.05, 4.69) is 33.6 Å². The standard InChI is InChI=1S/C14H9IN2OS/c15-10-3-1-2-9(6-10)14-17-11-5-4-8(13(16)18)7-12(11)19-14/h1-7H,(H2,16,18). The molecule has 3 aromatic rings. The van der Waals surface area contributed by atoms with E-state index in [4.69, 9.17) is 5.73 Å². The van der Waals surface area contributed by atoms with Gasteiger partial charge in [-0.2, -0.15) is 0 Å². The lowest BCUT2D eigenvalue weighted by Crippen LogP contribution is -2.10. The number of halogens is 1. The fourth-order valence-electron chi connectivity index (χ4n) is 1.82. The molecule has 94 valence electrons. The van der Waals surface area contributed by atoms with Crippen molar-refractivity contribution in [2.45, 2.75) is 0 Å². The fraction of sp³-hybridized carbons (Fsp3) is 0. The molecule has 0 radical (unpaired) electrons. The molecule has 0 fully saturated rings. The monoisotopic (exact) mass is 380 g/mol. The van der Waals surface area contributed by atoms with E-state index in [1.165, 1.54) is 3.57 Å². The van der Waals surface area contributed by atoms with Gasteiger partial charge in [0.05, 0.1) is 10.2 Å². The van der Waals surface area contributed by atoms with Crippen LogP contribution in [0.5, 0.6) is 0 Å². The van der Waals surface area contributed by atoms with E-state index in [1.807, 2.05) is 24.3 Å². The zero-order valence-corrected chi connectivity index (χ0v) is 12.7. The largest absolute Gasteiger partial charge is 0.366 e. The summed E-state index contributed by atoms with van der Waals surface area (Å²) >= 11 is 3.85. The van der Waals surface area contributed by atoms with Crippen LogP contribution in [0.3, 0.4) is 0 Å². The molecule has 0 bridgehead atoms. The summed E-state index contributed by atoms with van der Waals surface area (Å²) in [5.41, 5.74) is 7.79. The molecule has 2 aromatic carbocycles. The van der Waals surface area contributed by atoms with E-state index in [9.17, 15) is 4.79 Å². The molecule has 3 nitrogen and oxygen atoms in total. The Kier molecular flexibility index (Phi) is 3.24. The summed E-state index contributed by atoms with van der Waals surface area (Å²) in [5, 5.41) is 0.954. The number of amides is 1. The number of carbonyl (C=O) groups excluding carboxylic acids is 1. The number of benzene rings is 2. The third kappa shape index (κ3) is 2.48. The van der Waals surface area contributed by atoms with Crippen molar-refractivity contribution in [1.82, 2.24) is 4.98 Å². The second-order valence-corrected chi connectivity index (χ2v) is 6.35. The third-order valence-corrected chi connectivity index (χ3v) is 4.48. The van der Waals surface area contributed by atoms with Crippen molar-refractivity contribution in [2.75, 3.05) is 0 Å². The Bertz CT molecular complexity index is 782. The number of aromatic nitrogens is 1. The molecule has 19 heavy (non-hydrogen) atoms. The van der Waals surface area contributed by atoms with E-state index in [0.717, 1.165) is 20.8 Å². The highest BCUT2D eigenvalue weighted by Crippen LogP contribution is 2.31. The molecule has 0 aliphatic carbocycles. The number of thiazole rings is 1. The van der Waals surface area contributed by atoms with Crippen molar-refractivity contribution in [3.8, 4) is 10.6 Å². The second kappa shape index (κ2) is 4.90. The first-order valence-corrected chi connectivity index (χ1v) is 7.49. The molecular weight excluding hydrogens is 371 g/mol. The number of carbonyl (C=O) groups is 1. The summed E-state index contributed by atoms with van der Waals surface area (Å²) in [5.74, 6) is -0.411. The van der Waals surface area contributed by atoms with Crippen LogP contribution in [0.1, 0.15) is 10.4 Å². The number of fused-ring (bicyclic) bond motifs is 1. The van der Waals surface area contributed by atoms with Crippen LogP contribution in [-0.4, -0.2) is 10.9 Å². The lowest BCUT2D eigenvalue weighted by molar-refractivity contribution is 0.100. The number of hydrogen-bond donors (Lipinski definition) is 1. The van der Waals surface area contributed by atoms with Crippen LogP contribution in [0.2, 0.25) is 0 Å². The maximum Gasteiger partial charge on any atom is 0.248 e. The predicted molar refractivity (Wildman–Crippen MR) is 86.3 cm³/mol. The normalized spacial score (nSPS) is 10.8. The molecule has 1 amide bonds. The van der Waals surface area contributed by atoms with Crippen LogP contribution >= 0.6 is 33.9 Å². The fourth-order valence-corrected chi connectivity index (χ4v) is 3.37. The quantitative estimate of drug-likeness (QED) is 0.690. The summed E-state index contributed by atoms with van der Waals surface area (Å²) in [6, 6.07) is 13.5. The van der Waals surface area contributed by atoms with E-state index in [-0.39, 0.29) is 0 Å². The molecule has 0 aliphatic rings. The van der Waals surface area contributed by atoms with Crippen molar-refractivity contribution < 1.29 is 4.79 Å². The van der Waals surface area contributed by atoms with Crippen LogP contribution in [0.15, 0.2) is 42.5 Å². The molecule has 0 saturated heterocycles. The van der Waals surface area contributed by atoms with Gasteiger partial charge in [-0.3, -0.25) is 4.79 Å². The zero-order valence-electron chi connectivity index (χ0n) is 9.76. The molecular formula is C14H9IN2OS. The van der Waals surface area contributed by atoms with Gasteiger partial charge in [0.2, 0.25) is 5.91 Å². The second-order valence-electron chi connectivity index (χ2n) is 4.08. The summed E-state index contributed by atoms with van der Waals surface area (Å²) in [6.07, 6.45) is 0. The molecule has 2 N–H and O–H groups in total. The van der Waals surface area contributed by atoms with E-state index in [0.29, 0.717) is 5.56 Å². The number of primary amides is 1. The Morgan fingerprint density at radius 3 is 2.79 bits per heavy atom. The number of nitrogens with zero attached hydrogens (tertiary/aromatic N) is 1. The van der Waals surface area contributed by atoms with Gasteiger partial charge in [0.1, 0.15) is 5.01 Å². The number of nitrogens with two attached hydrogens (primary N) is 1. The molecule has 0 saturated carbocycles. The van der Waals surface area contributed by atoms with Crippen LogP contribution < -0.4 is 5.73 Å². The maximum absolute atomic E-state index is 11.2. The van der Waals surface area contributed by atoms with Crippen molar-refractivity contribution >= 4 is 50.1 Å². The van der Waals surface area contributed by atoms with Gasteiger partial charge in [-0.25, -0.2) is 4.98 Å². The summed E-state index contributed by atoms with van der Waals surface area (Å²) < 4.78 is 2.15. The Morgan fingerprint density at radius 1 is 1.21 bits per heavy atom. The number of rotatable bonds is 2. The predicted octanol–water partition coefficient (Wildman–Crippen LogP) is 3.67. The summed E-state index contributed by atoms with van der Waals surface area (Å²) in [6.45, 7) is 0. The van der Waals surface area contributed by atoms with Gasteiger partial charge >= 0.3 is 0 Å². The topological polar surface area (TPSA) is 56.0 Å². The van der Waals surface area contributed by atoms with E-state index in [1.54, 1.807) is 23.5 Å². The van der Waals surface area contributed by atoms with Crippen LogP contribution in [0, 0.1) is 3.57 Å². The van der Waals surface area contributed by atoms with Gasteiger partial charge in [0, 0.05) is 14.7 Å². The molecule has 1 heterocycles. The van der Waals surface area contributed by atoms with E-state index >= 15 is 0 Å². The highest BCUT2D eigenvalue weighted by atomic mass is 127. The first kappa shape index (κ1) is 12.6. The van der Waals surface area contributed by atoms with Gasteiger partial charge in [-0.1, -0.05) is 12.1 Å². The number of hydrogen-bond acceptors (Lipinski definition) is 3. The zero-order chi connectivity index (χ0) is 13.4. The van der Waals surface area contributed by atoms with Crippen molar-refractivity contribution in [1.29, 1.82) is 0 Å². The average Bonchev–Trinajstić information content (AvgIpc) is 2.81. The lowest BCUT2D eigenvalue weighted by atomic mass is 10.2. The summed E-state index contributed by atoms with van der Waals surface area (Å²) in [7, 11) is 0. The van der Waals surface area contributed by atoms with Gasteiger partial charge in [-0.05, 0) is 52.9 Å². The van der Waals surface area contributed by atoms with Crippen LogP contribution in [0.4, 0.5) is 0 Å². The molecule has 0 unspecified atom stereocenters. The third-order valence-electron chi connectivity index (χ3n) is 2.74. The minimum absolute atomic E-state index is 0.411. The van der Waals surface area contributed by atoms with Crippen LogP contribution in [0.25, 0.3) is 20.8 Å². The molecule has 0 aliphatic heterocycles. The van der Waals surface area contributed by atoms with Crippen molar-refractivity contribution in [2.24, 2.45) is 5.73 Å². The Hall–Kier alpha value is -1.47. The minimum atomic E-state index is -0.411. The Balaban J connectivity index is 2.14. The van der Waals surface area contributed by atoms with Gasteiger partial charge < -0.3 is 5.73 Å². The SMILES string of the molecule is NC(=O)c1ccc2nc(-c3cccc(I)c3)sc2c1. The van der Waals surface area contributed by atoms with Crippen LogP contribution in [-0.2, 0) is 0 Å². The van der Waals surface area contributed by atoms with Gasteiger partial charge in [0.25, 0.3) is 0 Å². The molecule has 3 rings (SSSR count). The highest BCUT2D eigenvalue weighted by molar-refractivity contribution is 14.1. The van der Waals surface area contributed by atoms with E-state index < -0.39 is 5.91 Å². The molecule has 0 spiro atoms. The van der Waals surface area contributed by atoms with Crippen molar-refractivity contribution in [3.05, 3.63) is 51.6 Å². The molecule has 0 atom stereocenters. The van der Waals surface area contributed by atoms with Crippen molar-refractivity contribution in [3.63, 3.8) is 0 Å². The van der Waals surface area contributed by atoms with Gasteiger partial charge in [0.15, 0.2) is 0 Å². The molecule has 5 heteroatoms. The first-order chi connectivity index (χ1) is 9.13. The highest BCUT2D eigenvalue weighted by Gasteiger charge is 2.08. The maximum atomic E-state index is 11.2. The Labute approximate surface area is 127 Å². The Morgan fingerprint density at radius 2 is 2.05 bits per heavy atom. The lowest BCUT2D eigenvalue weighted by Gasteiger charge is -1.95. The van der Waals surface area contributed by atoms with Gasteiger partial charge in [-0.15, -0.1) is 11.3 Å². The molecule has 1 aromatic heterocycles. The smallest absolute Gasteiger partial charge is 0.248 e. The summed E-state index contributed by atoms with van der Waals surface area (Å²) in [4.78, 5) is 15.8. The minimum Gasteiger partial charge on any atom is -0.366 e. The average molecular weight is 380 g/mol.